The SMILES string of the molecule is CCCNC(C)C(=O)Nc1cc(Cl)ccc1C.Cl. The molecule has 102 valence electrons. The molecule has 0 aliphatic heterocycles. The molecule has 2 N–H and O–H groups in total. The Morgan fingerprint density at radius 1 is 1.44 bits per heavy atom. The maximum absolute atomic E-state index is 11.9. The lowest BCUT2D eigenvalue weighted by Crippen LogP contribution is -2.38. The summed E-state index contributed by atoms with van der Waals surface area (Å²) in [6.07, 6.45) is 1.01. The van der Waals surface area contributed by atoms with Gasteiger partial charge in [0.15, 0.2) is 0 Å². The topological polar surface area (TPSA) is 41.1 Å². The van der Waals surface area contributed by atoms with Gasteiger partial charge in [-0.15, -0.1) is 12.4 Å². The van der Waals surface area contributed by atoms with Crippen LogP contribution in [0.5, 0.6) is 0 Å². The normalized spacial score (nSPS) is 11.6. The molecule has 0 aliphatic carbocycles. The smallest absolute Gasteiger partial charge is 0.241 e. The van der Waals surface area contributed by atoms with Crippen molar-refractivity contribution < 1.29 is 4.79 Å². The number of amides is 1. The highest BCUT2D eigenvalue weighted by atomic mass is 35.5. The Balaban J connectivity index is 0.00000289. The quantitative estimate of drug-likeness (QED) is 0.873. The zero-order chi connectivity index (χ0) is 12.8. The predicted octanol–water partition coefficient (Wildman–Crippen LogP) is 3.40. The van der Waals surface area contributed by atoms with Gasteiger partial charge in [0, 0.05) is 10.7 Å². The van der Waals surface area contributed by atoms with Crippen molar-refractivity contribution in [3.63, 3.8) is 0 Å². The molecule has 18 heavy (non-hydrogen) atoms. The second kappa shape index (κ2) is 8.35. The number of aryl methyl sites for hydroxylation is 1. The summed E-state index contributed by atoms with van der Waals surface area (Å²) in [5, 5.41) is 6.64. The second-order valence-corrected chi connectivity index (χ2v) is 4.56. The molecule has 0 saturated carbocycles. The van der Waals surface area contributed by atoms with Crippen molar-refractivity contribution in [3.8, 4) is 0 Å². The van der Waals surface area contributed by atoms with Crippen LogP contribution in [-0.4, -0.2) is 18.5 Å². The summed E-state index contributed by atoms with van der Waals surface area (Å²) >= 11 is 5.90. The highest BCUT2D eigenvalue weighted by molar-refractivity contribution is 6.31. The zero-order valence-corrected chi connectivity index (χ0v) is 12.5. The van der Waals surface area contributed by atoms with Gasteiger partial charge in [0.2, 0.25) is 5.91 Å². The van der Waals surface area contributed by atoms with Crippen LogP contribution in [0, 0.1) is 6.92 Å². The van der Waals surface area contributed by atoms with Gasteiger partial charge in [0.25, 0.3) is 0 Å². The Hall–Kier alpha value is -0.770. The number of nitrogens with one attached hydrogen (secondary N) is 2. The third-order valence-electron chi connectivity index (χ3n) is 2.55. The van der Waals surface area contributed by atoms with Crippen molar-refractivity contribution in [2.45, 2.75) is 33.2 Å². The maximum atomic E-state index is 11.9. The first-order valence-electron chi connectivity index (χ1n) is 5.85. The van der Waals surface area contributed by atoms with Gasteiger partial charge in [0.1, 0.15) is 0 Å². The summed E-state index contributed by atoms with van der Waals surface area (Å²) in [7, 11) is 0. The molecule has 0 bridgehead atoms. The van der Waals surface area contributed by atoms with Crippen LogP contribution in [0.1, 0.15) is 25.8 Å². The number of rotatable bonds is 5. The van der Waals surface area contributed by atoms with Crippen LogP contribution < -0.4 is 10.6 Å². The summed E-state index contributed by atoms with van der Waals surface area (Å²) < 4.78 is 0. The van der Waals surface area contributed by atoms with Crippen LogP contribution in [0.25, 0.3) is 0 Å². The Labute approximate surface area is 120 Å². The van der Waals surface area contributed by atoms with E-state index in [1.54, 1.807) is 6.07 Å². The third-order valence-corrected chi connectivity index (χ3v) is 2.79. The average molecular weight is 291 g/mol. The number of carbonyl (C=O) groups is 1. The van der Waals surface area contributed by atoms with Gasteiger partial charge in [-0.3, -0.25) is 4.79 Å². The molecular weight excluding hydrogens is 271 g/mol. The van der Waals surface area contributed by atoms with E-state index >= 15 is 0 Å². The molecule has 1 amide bonds. The number of halogens is 2. The molecule has 1 aromatic rings. The van der Waals surface area contributed by atoms with E-state index in [0.29, 0.717) is 5.02 Å². The lowest BCUT2D eigenvalue weighted by molar-refractivity contribution is -0.117. The van der Waals surface area contributed by atoms with Gasteiger partial charge in [0.05, 0.1) is 6.04 Å². The van der Waals surface area contributed by atoms with Crippen molar-refractivity contribution in [1.29, 1.82) is 0 Å². The van der Waals surface area contributed by atoms with Crippen molar-refractivity contribution >= 4 is 35.6 Å². The van der Waals surface area contributed by atoms with E-state index in [9.17, 15) is 4.79 Å². The first kappa shape index (κ1) is 17.2. The minimum Gasteiger partial charge on any atom is -0.324 e. The number of anilines is 1. The Morgan fingerprint density at radius 3 is 2.72 bits per heavy atom. The molecule has 0 heterocycles. The van der Waals surface area contributed by atoms with Gasteiger partial charge in [-0.1, -0.05) is 24.6 Å². The van der Waals surface area contributed by atoms with Gasteiger partial charge in [-0.2, -0.15) is 0 Å². The Morgan fingerprint density at radius 2 is 2.11 bits per heavy atom. The van der Waals surface area contributed by atoms with E-state index in [4.69, 9.17) is 11.6 Å². The van der Waals surface area contributed by atoms with Gasteiger partial charge < -0.3 is 10.6 Å². The molecule has 0 aromatic heterocycles. The van der Waals surface area contributed by atoms with Crippen molar-refractivity contribution in [1.82, 2.24) is 5.32 Å². The second-order valence-electron chi connectivity index (χ2n) is 4.12. The van der Waals surface area contributed by atoms with E-state index in [1.807, 2.05) is 26.0 Å². The Bertz CT molecular complexity index is 397. The molecule has 0 spiro atoms. The molecule has 3 nitrogen and oxygen atoms in total. The lowest BCUT2D eigenvalue weighted by Gasteiger charge is -2.14. The number of benzene rings is 1. The predicted molar refractivity (Wildman–Crippen MR) is 79.8 cm³/mol. The third kappa shape index (κ3) is 5.25. The molecule has 1 aromatic carbocycles. The van der Waals surface area contributed by atoms with Gasteiger partial charge in [-0.05, 0) is 44.5 Å². The highest BCUT2D eigenvalue weighted by Crippen LogP contribution is 2.20. The summed E-state index contributed by atoms with van der Waals surface area (Å²) in [5.41, 5.74) is 1.78. The Kier molecular flexibility index (Phi) is 8.00. The van der Waals surface area contributed by atoms with Crippen LogP contribution in [0.3, 0.4) is 0 Å². The van der Waals surface area contributed by atoms with Crippen molar-refractivity contribution in [2.75, 3.05) is 11.9 Å². The monoisotopic (exact) mass is 290 g/mol. The largest absolute Gasteiger partial charge is 0.324 e. The summed E-state index contributed by atoms with van der Waals surface area (Å²) in [4.78, 5) is 11.9. The molecule has 1 rings (SSSR count). The molecule has 5 heteroatoms. The van der Waals surface area contributed by atoms with Crippen molar-refractivity contribution in [2.24, 2.45) is 0 Å². The van der Waals surface area contributed by atoms with Crippen LogP contribution in [-0.2, 0) is 4.79 Å². The number of carbonyl (C=O) groups excluding carboxylic acids is 1. The number of hydrogen-bond acceptors (Lipinski definition) is 2. The van der Waals surface area contributed by atoms with Crippen LogP contribution >= 0.6 is 24.0 Å². The first-order valence-corrected chi connectivity index (χ1v) is 6.22. The maximum Gasteiger partial charge on any atom is 0.241 e. The number of hydrogen-bond donors (Lipinski definition) is 2. The molecule has 0 aliphatic rings. The van der Waals surface area contributed by atoms with E-state index in [1.165, 1.54) is 0 Å². The van der Waals surface area contributed by atoms with Crippen LogP contribution in [0.4, 0.5) is 5.69 Å². The standard InChI is InChI=1S/C13H19ClN2O.ClH/c1-4-7-15-10(3)13(17)16-12-8-11(14)6-5-9(12)2;/h5-6,8,10,15H,4,7H2,1-3H3,(H,16,17);1H. The molecule has 0 fully saturated rings. The minimum atomic E-state index is -0.201. The van der Waals surface area contributed by atoms with Crippen LogP contribution in [0.2, 0.25) is 5.02 Å². The van der Waals surface area contributed by atoms with Crippen molar-refractivity contribution in [3.05, 3.63) is 28.8 Å². The molecule has 1 unspecified atom stereocenters. The van der Waals surface area contributed by atoms with Gasteiger partial charge in [-0.25, -0.2) is 0 Å². The average Bonchev–Trinajstić information content (AvgIpc) is 2.30. The fraction of sp³-hybridized carbons (Fsp3) is 0.462. The zero-order valence-electron chi connectivity index (χ0n) is 10.9. The molecular formula is C13H20Cl2N2O. The first-order chi connectivity index (χ1) is 8.04. The van der Waals surface area contributed by atoms with E-state index < -0.39 is 0 Å². The van der Waals surface area contributed by atoms with E-state index in [0.717, 1.165) is 24.2 Å². The summed E-state index contributed by atoms with van der Waals surface area (Å²) in [6, 6.07) is 5.27. The van der Waals surface area contributed by atoms with Gasteiger partial charge >= 0.3 is 0 Å². The minimum absolute atomic E-state index is 0. The molecule has 0 radical (unpaired) electrons. The highest BCUT2D eigenvalue weighted by Gasteiger charge is 2.12. The molecule has 1 atom stereocenters. The summed E-state index contributed by atoms with van der Waals surface area (Å²) in [6.45, 7) is 6.70. The molecule has 0 saturated heterocycles. The fourth-order valence-electron chi connectivity index (χ4n) is 1.42. The van der Waals surface area contributed by atoms with E-state index in [-0.39, 0.29) is 24.4 Å². The van der Waals surface area contributed by atoms with E-state index in [2.05, 4.69) is 17.6 Å². The van der Waals surface area contributed by atoms with Crippen LogP contribution in [0.15, 0.2) is 18.2 Å². The lowest BCUT2D eigenvalue weighted by atomic mass is 10.2. The summed E-state index contributed by atoms with van der Waals surface area (Å²) in [5.74, 6) is -0.0381. The fourth-order valence-corrected chi connectivity index (χ4v) is 1.60.